The van der Waals surface area contributed by atoms with Crippen LogP contribution in [0.1, 0.15) is 34.5 Å². The van der Waals surface area contributed by atoms with E-state index in [1.54, 1.807) is 21.8 Å². The second kappa shape index (κ2) is 10.0. The van der Waals surface area contributed by atoms with Gasteiger partial charge in [-0.3, -0.25) is 9.59 Å². The largest absolute Gasteiger partial charge is 0.339 e. The number of amides is 2. The Kier molecular flexibility index (Phi) is 6.90. The molecule has 0 bridgehead atoms. The molecular weight excluding hydrogens is 424 g/mol. The van der Waals surface area contributed by atoms with Gasteiger partial charge in [0.25, 0.3) is 5.91 Å². The van der Waals surface area contributed by atoms with Gasteiger partial charge in [-0.15, -0.1) is 0 Å². The minimum absolute atomic E-state index is 0.0491. The van der Waals surface area contributed by atoms with E-state index in [1.165, 1.54) is 5.56 Å². The maximum Gasteiger partial charge on any atom is 0.257 e. The number of rotatable bonds is 6. The van der Waals surface area contributed by atoms with Gasteiger partial charge < -0.3 is 9.80 Å². The van der Waals surface area contributed by atoms with Gasteiger partial charge in [-0.25, -0.2) is 4.68 Å². The number of hydrogen-bond donors (Lipinski definition) is 0. The maximum atomic E-state index is 13.1. The summed E-state index contributed by atoms with van der Waals surface area (Å²) in [5.41, 5.74) is 3.42. The molecule has 0 N–H and O–H groups in total. The fourth-order valence-corrected chi connectivity index (χ4v) is 4.25. The Balaban J connectivity index is 1.30. The molecule has 4 rings (SSSR count). The Morgan fingerprint density at radius 3 is 2.41 bits per heavy atom. The zero-order chi connectivity index (χ0) is 22.5. The standard InChI is InChI=1S/C25H27ClN4O2/c1-19-23(18-27-30(19)22-11-6-10-21(26)17-22)25(32)29-15-13-28(14-16-29)24(31)12-5-9-20-7-3-2-4-8-20/h2-4,6-8,10-11,17-18H,5,9,12-16H2,1H3. The number of hydrogen-bond acceptors (Lipinski definition) is 3. The van der Waals surface area contributed by atoms with Gasteiger partial charge in [0.15, 0.2) is 0 Å². The average molecular weight is 451 g/mol. The lowest BCUT2D eigenvalue weighted by Crippen LogP contribution is -2.50. The highest BCUT2D eigenvalue weighted by molar-refractivity contribution is 6.30. The van der Waals surface area contributed by atoms with Gasteiger partial charge >= 0.3 is 0 Å². The fourth-order valence-electron chi connectivity index (χ4n) is 4.06. The topological polar surface area (TPSA) is 58.4 Å². The van der Waals surface area contributed by atoms with Crippen molar-refractivity contribution < 1.29 is 9.59 Å². The predicted octanol–water partition coefficient (Wildman–Crippen LogP) is 4.14. The summed E-state index contributed by atoms with van der Waals surface area (Å²) in [6.45, 7) is 4.08. The van der Waals surface area contributed by atoms with Crippen LogP contribution in [-0.4, -0.2) is 57.6 Å². The Hall–Kier alpha value is -3.12. The van der Waals surface area contributed by atoms with E-state index >= 15 is 0 Å². The second-order valence-corrected chi connectivity index (χ2v) is 8.48. The molecule has 0 aliphatic carbocycles. The summed E-state index contributed by atoms with van der Waals surface area (Å²) in [4.78, 5) is 29.3. The van der Waals surface area contributed by atoms with E-state index in [2.05, 4.69) is 17.2 Å². The molecule has 2 heterocycles. The first-order valence-electron chi connectivity index (χ1n) is 10.9. The van der Waals surface area contributed by atoms with Gasteiger partial charge in [0.2, 0.25) is 5.91 Å². The van der Waals surface area contributed by atoms with E-state index in [-0.39, 0.29) is 11.8 Å². The third-order valence-electron chi connectivity index (χ3n) is 5.91. The molecule has 7 heteroatoms. The van der Waals surface area contributed by atoms with Crippen molar-refractivity contribution in [3.05, 3.63) is 82.6 Å². The van der Waals surface area contributed by atoms with Gasteiger partial charge in [-0.05, 0) is 43.5 Å². The van der Waals surface area contributed by atoms with Crippen molar-refractivity contribution in [3.8, 4) is 5.69 Å². The van der Waals surface area contributed by atoms with E-state index in [1.807, 2.05) is 48.2 Å². The summed E-state index contributed by atoms with van der Waals surface area (Å²) >= 11 is 6.09. The van der Waals surface area contributed by atoms with Gasteiger partial charge in [0.1, 0.15) is 0 Å². The molecule has 0 radical (unpaired) electrons. The summed E-state index contributed by atoms with van der Waals surface area (Å²) in [5, 5.41) is 5.01. The van der Waals surface area contributed by atoms with E-state index in [0.717, 1.165) is 24.2 Å². The normalized spacial score (nSPS) is 13.9. The van der Waals surface area contributed by atoms with Crippen molar-refractivity contribution in [1.82, 2.24) is 19.6 Å². The van der Waals surface area contributed by atoms with Crippen LogP contribution < -0.4 is 0 Å². The van der Waals surface area contributed by atoms with Crippen molar-refractivity contribution in [2.24, 2.45) is 0 Å². The van der Waals surface area contributed by atoms with E-state index in [0.29, 0.717) is 43.2 Å². The Bertz CT molecular complexity index is 1090. The number of aromatic nitrogens is 2. The molecule has 0 saturated carbocycles. The van der Waals surface area contributed by atoms with Crippen LogP contribution in [0, 0.1) is 6.92 Å². The summed E-state index contributed by atoms with van der Waals surface area (Å²) in [6, 6.07) is 17.6. The molecule has 1 aliphatic heterocycles. The Morgan fingerprint density at radius 2 is 1.69 bits per heavy atom. The first kappa shape index (κ1) is 22.1. The number of piperazine rings is 1. The molecule has 6 nitrogen and oxygen atoms in total. The number of nitrogens with zero attached hydrogens (tertiary/aromatic N) is 4. The third kappa shape index (κ3) is 5.02. The number of carbonyl (C=O) groups excluding carboxylic acids is 2. The molecule has 0 unspecified atom stereocenters. The molecule has 1 fully saturated rings. The highest BCUT2D eigenvalue weighted by Gasteiger charge is 2.26. The van der Waals surface area contributed by atoms with Crippen molar-refractivity contribution in [3.63, 3.8) is 0 Å². The SMILES string of the molecule is Cc1c(C(=O)N2CCN(C(=O)CCCc3ccccc3)CC2)cnn1-c1cccc(Cl)c1. The Labute approximate surface area is 193 Å². The zero-order valence-electron chi connectivity index (χ0n) is 18.2. The molecule has 1 aliphatic rings. The number of halogens is 1. The molecule has 32 heavy (non-hydrogen) atoms. The van der Waals surface area contributed by atoms with Crippen molar-refractivity contribution in [2.45, 2.75) is 26.2 Å². The van der Waals surface area contributed by atoms with Crippen LogP contribution in [0.2, 0.25) is 5.02 Å². The quantitative estimate of drug-likeness (QED) is 0.567. The van der Waals surface area contributed by atoms with Crippen molar-refractivity contribution >= 4 is 23.4 Å². The molecule has 1 saturated heterocycles. The number of benzene rings is 2. The van der Waals surface area contributed by atoms with Crippen LogP contribution >= 0.6 is 11.6 Å². The lowest BCUT2D eigenvalue weighted by Gasteiger charge is -2.34. The first-order valence-corrected chi connectivity index (χ1v) is 11.3. The fraction of sp³-hybridized carbons (Fsp3) is 0.320. The van der Waals surface area contributed by atoms with Gasteiger partial charge in [-0.2, -0.15) is 5.10 Å². The maximum absolute atomic E-state index is 13.1. The van der Waals surface area contributed by atoms with Crippen LogP contribution in [0.25, 0.3) is 5.69 Å². The van der Waals surface area contributed by atoms with Gasteiger partial charge in [-0.1, -0.05) is 48.0 Å². The van der Waals surface area contributed by atoms with E-state index in [9.17, 15) is 9.59 Å². The van der Waals surface area contributed by atoms with Gasteiger partial charge in [0.05, 0.1) is 23.1 Å². The third-order valence-corrected chi connectivity index (χ3v) is 6.15. The summed E-state index contributed by atoms with van der Waals surface area (Å²) < 4.78 is 1.73. The summed E-state index contributed by atoms with van der Waals surface area (Å²) in [6.07, 6.45) is 3.89. The molecule has 1 aromatic heterocycles. The van der Waals surface area contributed by atoms with Crippen LogP contribution in [0.15, 0.2) is 60.8 Å². The van der Waals surface area contributed by atoms with Crippen LogP contribution in [0.3, 0.4) is 0 Å². The van der Waals surface area contributed by atoms with Crippen LogP contribution in [0.4, 0.5) is 0 Å². The minimum Gasteiger partial charge on any atom is -0.339 e. The molecule has 2 amide bonds. The highest BCUT2D eigenvalue weighted by Crippen LogP contribution is 2.20. The molecule has 0 atom stereocenters. The molecule has 2 aromatic carbocycles. The van der Waals surface area contributed by atoms with Gasteiger partial charge in [0, 0.05) is 37.6 Å². The minimum atomic E-state index is -0.0491. The molecule has 166 valence electrons. The zero-order valence-corrected chi connectivity index (χ0v) is 19.0. The summed E-state index contributed by atoms with van der Waals surface area (Å²) in [5.74, 6) is 0.116. The Morgan fingerprint density at radius 1 is 0.969 bits per heavy atom. The predicted molar refractivity (Wildman–Crippen MR) is 125 cm³/mol. The first-order chi connectivity index (χ1) is 15.5. The monoisotopic (exact) mass is 450 g/mol. The molecule has 3 aromatic rings. The lowest BCUT2D eigenvalue weighted by molar-refractivity contribution is -0.132. The van der Waals surface area contributed by atoms with E-state index < -0.39 is 0 Å². The smallest absolute Gasteiger partial charge is 0.257 e. The lowest BCUT2D eigenvalue weighted by atomic mass is 10.1. The molecular formula is C25H27ClN4O2. The van der Waals surface area contributed by atoms with Crippen LogP contribution in [0.5, 0.6) is 0 Å². The summed E-state index contributed by atoms with van der Waals surface area (Å²) in [7, 11) is 0. The van der Waals surface area contributed by atoms with Crippen LogP contribution in [-0.2, 0) is 11.2 Å². The van der Waals surface area contributed by atoms with Crippen molar-refractivity contribution in [1.29, 1.82) is 0 Å². The number of aryl methyl sites for hydroxylation is 1. The number of carbonyl (C=O) groups is 2. The average Bonchev–Trinajstić information content (AvgIpc) is 3.20. The van der Waals surface area contributed by atoms with Crippen molar-refractivity contribution in [2.75, 3.05) is 26.2 Å². The van der Waals surface area contributed by atoms with E-state index in [4.69, 9.17) is 11.6 Å². The highest BCUT2D eigenvalue weighted by atomic mass is 35.5. The molecule has 0 spiro atoms. The second-order valence-electron chi connectivity index (χ2n) is 8.05.